The van der Waals surface area contributed by atoms with Gasteiger partial charge in [0.05, 0.1) is 18.8 Å². The van der Waals surface area contributed by atoms with Crippen LogP contribution in [0.25, 0.3) is 11.6 Å². The first kappa shape index (κ1) is 22.3. The highest BCUT2D eigenvalue weighted by molar-refractivity contribution is 9.10. The van der Waals surface area contributed by atoms with E-state index in [9.17, 15) is 9.65 Å². The van der Waals surface area contributed by atoms with Gasteiger partial charge in [-0.1, -0.05) is 46.3 Å². The van der Waals surface area contributed by atoms with E-state index >= 15 is 0 Å². The van der Waals surface area contributed by atoms with Gasteiger partial charge in [-0.3, -0.25) is 0 Å². The van der Waals surface area contributed by atoms with Gasteiger partial charge in [0.15, 0.2) is 11.5 Å². The second-order valence-corrected chi connectivity index (χ2v) is 7.72. The van der Waals surface area contributed by atoms with Crippen molar-refractivity contribution in [3.8, 4) is 17.6 Å². The number of benzene rings is 3. The normalized spacial score (nSPS) is 11.0. The number of nitrogens with zero attached hydrogens (tertiary/aromatic N) is 1. The molecule has 31 heavy (non-hydrogen) atoms. The Bertz CT molecular complexity index is 1150. The van der Waals surface area contributed by atoms with Crippen LogP contribution in [-0.4, -0.2) is 7.11 Å². The van der Waals surface area contributed by atoms with Crippen LogP contribution in [0.2, 0.25) is 0 Å². The molecular formula is C26H21BrFNO2. The molecule has 0 N–H and O–H groups in total. The smallest absolute Gasteiger partial charge is 0.165 e. The van der Waals surface area contributed by atoms with Crippen LogP contribution in [0, 0.1) is 17.1 Å². The molecule has 156 valence electrons. The van der Waals surface area contributed by atoms with Crippen LogP contribution in [0.4, 0.5) is 4.39 Å². The highest BCUT2D eigenvalue weighted by Crippen LogP contribution is 2.35. The first-order valence-electron chi connectivity index (χ1n) is 9.61. The SMILES string of the molecule is C=CCc1cc(/C=C(/C#N)c2cccc(F)c2)cc(OC)c1OCc1ccc(Br)cc1. The fourth-order valence-corrected chi connectivity index (χ4v) is 3.39. The molecule has 0 heterocycles. The number of hydrogen-bond donors (Lipinski definition) is 0. The van der Waals surface area contributed by atoms with E-state index in [-0.39, 0.29) is 5.82 Å². The largest absolute Gasteiger partial charge is 0.493 e. The maximum absolute atomic E-state index is 13.6. The van der Waals surface area contributed by atoms with Crippen LogP contribution in [0.3, 0.4) is 0 Å². The summed E-state index contributed by atoms with van der Waals surface area (Å²) in [5.74, 6) is 0.797. The van der Waals surface area contributed by atoms with Crippen LogP contribution in [-0.2, 0) is 13.0 Å². The number of rotatable bonds is 8. The molecule has 0 saturated heterocycles. The summed E-state index contributed by atoms with van der Waals surface area (Å²) in [6.07, 6.45) is 4.06. The van der Waals surface area contributed by atoms with Crippen molar-refractivity contribution in [1.29, 1.82) is 5.26 Å². The van der Waals surface area contributed by atoms with Gasteiger partial charge in [0.2, 0.25) is 0 Å². The molecule has 0 fully saturated rings. The Hall–Kier alpha value is -3.36. The van der Waals surface area contributed by atoms with Crippen LogP contribution in [0.15, 0.2) is 77.8 Å². The monoisotopic (exact) mass is 477 g/mol. The summed E-state index contributed by atoms with van der Waals surface area (Å²) in [7, 11) is 1.57. The number of methoxy groups -OCH3 is 1. The number of hydrogen-bond acceptors (Lipinski definition) is 3. The van der Waals surface area contributed by atoms with E-state index in [0.717, 1.165) is 21.2 Å². The van der Waals surface area contributed by atoms with E-state index in [1.165, 1.54) is 12.1 Å². The second kappa shape index (κ2) is 10.6. The highest BCUT2D eigenvalue weighted by Gasteiger charge is 2.13. The summed E-state index contributed by atoms with van der Waals surface area (Å²) in [6, 6.07) is 19.8. The van der Waals surface area contributed by atoms with Crippen LogP contribution >= 0.6 is 15.9 Å². The fourth-order valence-electron chi connectivity index (χ4n) is 3.13. The molecule has 3 aromatic rings. The molecule has 0 amide bonds. The molecule has 0 radical (unpaired) electrons. The molecule has 0 aromatic heterocycles. The van der Waals surface area contributed by atoms with Crippen molar-refractivity contribution >= 4 is 27.6 Å². The lowest BCUT2D eigenvalue weighted by Gasteiger charge is -2.16. The third kappa shape index (κ3) is 5.84. The van der Waals surface area contributed by atoms with Gasteiger partial charge in [-0.25, -0.2) is 4.39 Å². The number of ether oxygens (including phenoxy) is 2. The van der Waals surface area contributed by atoms with Crippen LogP contribution in [0.1, 0.15) is 22.3 Å². The molecule has 5 heteroatoms. The number of halogens is 2. The predicted octanol–water partition coefficient (Wildman–Crippen LogP) is 6.97. The Kier molecular flexibility index (Phi) is 7.64. The van der Waals surface area contributed by atoms with Crippen molar-refractivity contribution in [2.45, 2.75) is 13.0 Å². The van der Waals surface area contributed by atoms with Crippen molar-refractivity contribution < 1.29 is 13.9 Å². The average molecular weight is 478 g/mol. The van der Waals surface area contributed by atoms with Crippen LogP contribution in [0.5, 0.6) is 11.5 Å². The maximum Gasteiger partial charge on any atom is 0.165 e. The molecule has 3 nitrogen and oxygen atoms in total. The summed E-state index contributed by atoms with van der Waals surface area (Å²) < 4.78 is 26.3. The van der Waals surface area contributed by atoms with Gasteiger partial charge >= 0.3 is 0 Å². The van der Waals surface area contributed by atoms with E-state index in [0.29, 0.717) is 35.7 Å². The summed E-state index contributed by atoms with van der Waals surface area (Å²) >= 11 is 3.43. The Morgan fingerprint density at radius 2 is 1.94 bits per heavy atom. The van der Waals surface area contributed by atoms with Gasteiger partial charge < -0.3 is 9.47 Å². The summed E-state index contributed by atoms with van der Waals surface area (Å²) in [5, 5.41) is 9.60. The van der Waals surface area contributed by atoms with Crippen molar-refractivity contribution in [2.75, 3.05) is 7.11 Å². The van der Waals surface area contributed by atoms with E-state index in [4.69, 9.17) is 9.47 Å². The minimum atomic E-state index is -0.389. The quantitative estimate of drug-likeness (QED) is 0.200. The summed E-state index contributed by atoms with van der Waals surface area (Å²) in [5.41, 5.74) is 3.54. The average Bonchev–Trinajstić information content (AvgIpc) is 2.77. The topological polar surface area (TPSA) is 42.2 Å². The molecule has 0 spiro atoms. The predicted molar refractivity (Wildman–Crippen MR) is 125 cm³/mol. The second-order valence-electron chi connectivity index (χ2n) is 6.80. The third-order valence-electron chi connectivity index (χ3n) is 4.60. The fraction of sp³-hybridized carbons (Fsp3) is 0.115. The molecule has 0 aliphatic heterocycles. The lowest BCUT2D eigenvalue weighted by molar-refractivity contribution is 0.282. The molecule has 0 aliphatic carbocycles. The summed E-state index contributed by atoms with van der Waals surface area (Å²) in [4.78, 5) is 0. The van der Waals surface area contributed by atoms with Gasteiger partial charge in [0.25, 0.3) is 0 Å². The van der Waals surface area contributed by atoms with E-state index < -0.39 is 0 Å². The first-order valence-corrected chi connectivity index (χ1v) is 10.4. The van der Waals surface area contributed by atoms with Crippen molar-refractivity contribution in [3.63, 3.8) is 0 Å². The van der Waals surface area contributed by atoms with Gasteiger partial charge in [-0.15, -0.1) is 6.58 Å². The highest BCUT2D eigenvalue weighted by atomic mass is 79.9. The minimum Gasteiger partial charge on any atom is -0.493 e. The molecule has 3 aromatic carbocycles. The Labute approximate surface area is 190 Å². The zero-order valence-electron chi connectivity index (χ0n) is 17.1. The molecule has 0 bridgehead atoms. The minimum absolute atomic E-state index is 0.356. The van der Waals surface area contributed by atoms with Crippen LogP contribution < -0.4 is 9.47 Å². The van der Waals surface area contributed by atoms with Crippen molar-refractivity contribution in [3.05, 3.63) is 106 Å². The lowest BCUT2D eigenvalue weighted by Crippen LogP contribution is -2.02. The number of nitriles is 1. The Morgan fingerprint density at radius 1 is 1.16 bits per heavy atom. The molecule has 0 atom stereocenters. The number of allylic oxidation sites excluding steroid dienone is 2. The third-order valence-corrected chi connectivity index (χ3v) is 5.13. The van der Waals surface area contributed by atoms with E-state index in [1.54, 1.807) is 37.5 Å². The van der Waals surface area contributed by atoms with Crippen molar-refractivity contribution in [1.82, 2.24) is 0 Å². The lowest BCUT2D eigenvalue weighted by atomic mass is 10.0. The Balaban J connectivity index is 1.97. The Morgan fingerprint density at radius 3 is 2.58 bits per heavy atom. The van der Waals surface area contributed by atoms with Gasteiger partial charge in [0.1, 0.15) is 12.4 Å². The van der Waals surface area contributed by atoms with Crippen molar-refractivity contribution in [2.24, 2.45) is 0 Å². The first-order chi connectivity index (χ1) is 15.0. The van der Waals surface area contributed by atoms with Gasteiger partial charge in [-0.05, 0) is 65.6 Å². The molecular weight excluding hydrogens is 457 g/mol. The van der Waals surface area contributed by atoms with Gasteiger partial charge in [0, 0.05) is 10.0 Å². The molecule has 0 unspecified atom stereocenters. The van der Waals surface area contributed by atoms with E-state index in [1.807, 2.05) is 30.3 Å². The molecule has 0 aliphatic rings. The van der Waals surface area contributed by atoms with Gasteiger partial charge in [-0.2, -0.15) is 5.26 Å². The maximum atomic E-state index is 13.6. The molecule has 0 saturated carbocycles. The van der Waals surface area contributed by atoms with E-state index in [2.05, 4.69) is 28.6 Å². The zero-order chi connectivity index (χ0) is 22.2. The zero-order valence-corrected chi connectivity index (χ0v) is 18.7. The molecule has 3 rings (SSSR count). The standard InChI is InChI=1S/C26H21BrFNO2/c1-3-5-21-12-19(13-22(16-29)20-6-4-7-24(28)15-20)14-25(30-2)26(21)31-17-18-8-10-23(27)11-9-18/h3-4,6-15H,1,5,17H2,2H3/b22-13-. The summed E-state index contributed by atoms with van der Waals surface area (Å²) in [6.45, 7) is 4.22.